The standard InChI is InChI=1S/C26H29F3N2O6/c1-31(13-16-36-20-3-2-4-21(17-20)37-26(27,28)29)25(11-14-35-15-12-25)23(34)30-24(9-10-24)19-7-5-18(6-8-19)22(32)33/h2-8,17H,9-16H2,1H3,(H,30,34)(H,32,33). The van der Waals surface area contributed by atoms with Crippen molar-refractivity contribution in [2.75, 3.05) is 33.4 Å². The number of carboxylic acids is 1. The topological polar surface area (TPSA) is 97.3 Å². The Morgan fingerprint density at radius 2 is 1.70 bits per heavy atom. The second kappa shape index (κ2) is 10.6. The molecule has 0 spiro atoms. The van der Waals surface area contributed by atoms with E-state index in [1.54, 1.807) is 12.1 Å². The van der Waals surface area contributed by atoms with E-state index in [0.29, 0.717) is 32.6 Å². The van der Waals surface area contributed by atoms with E-state index in [0.717, 1.165) is 24.5 Å². The van der Waals surface area contributed by atoms with Crippen LogP contribution >= 0.6 is 0 Å². The Balaban J connectivity index is 1.41. The Labute approximate surface area is 212 Å². The molecule has 1 saturated heterocycles. The van der Waals surface area contributed by atoms with Gasteiger partial charge >= 0.3 is 12.3 Å². The van der Waals surface area contributed by atoms with Gasteiger partial charge in [0, 0.05) is 25.8 Å². The van der Waals surface area contributed by atoms with Crippen molar-refractivity contribution in [2.45, 2.75) is 43.1 Å². The SMILES string of the molecule is CN(CCOc1cccc(OC(F)(F)F)c1)C1(C(=O)NC2(c3ccc(C(=O)O)cc3)CC2)CCOCC1. The number of carbonyl (C=O) groups is 2. The molecule has 0 radical (unpaired) electrons. The van der Waals surface area contributed by atoms with Crippen molar-refractivity contribution in [2.24, 2.45) is 0 Å². The lowest BCUT2D eigenvalue weighted by Gasteiger charge is -2.43. The quantitative estimate of drug-likeness (QED) is 0.488. The summed E-state index contributed by atoms with van der Waals surface area (Å²) in [4.78, 5) is 26.8. The van der Waals surface area contributed by atoms with Crippen molar-refractivity contribution >= 4 is 11.9 Å². The number of nitrogens with zero attached hydrogens (tertiary/aromatic N) is 1. The second-order valence-electron chi connectivity index (χ2n) is 9.36. The largest absolute Gasteiger partial charge is 0.573 e. The normalized spacial score (nSPS) is 18.2. The van der Waals surface area contributed by atoms with Crippen molar-refractivity contribution in [3.05, 3.63) is 59.7 Å². The summed E-state index contributed by atoms with van der Waals surface area (Å²) < 4.78 is 52.6. The van der Waals surface area contributed by atoms with Gasteiger partial charge in [0.25, 0.3) is 0 Å². The van der Waals surface area contributed by atoms with Crippen LogP contribution in [0.2, 0.25) is 0 Å². The Morgan fingerprint density at radius 3 is 2.30 bits per heavy atom. The molecule has 4 rings (SSSR count). The van der Waals surface area contributed by atoms with Crippen LogP contribution in [0.3, 0.4) is 0 Å². The molecule has 2 N–H and O–H groups in total. The first-order chi connectivity index (χ1) is 17.5. The second-order valence-corrected chi connectivity index (χ2v) is 9.36. The van der Waals surface area contributed by atoms with Crippen molar-refractivity contribution in [1.29, 1.82) is 0 Å². The van der Waals surface area contributed by atoms with E-state index >= 15 is 0 Å². The predicted molar refractivity (Wildman–Crippen MR) is 126 cm³/mol. The van der Waals surface area contributed by atoms with Gasteiger partial charge in [-0.1, -0.05) is 18.2 Å². The summed E-state index contributed by atoms with van der Waals surface area (Å²) >= 11 is 0. The van der Waals surface area contributed by atoms with E-state index < -0.39 is 23.4 Å². The first-order valence-corrected chi connectivity index (χ1v) is 12.0. The lowest BCUT2D eigenvalue weighted by Crippen LogP contribution is -2.62. The van der Waals surface area contributed by atoms with Crippen LogP contribution in [-0.4, -0.2) is 67.2 Å². The van der Waals surface area contributed by atoms with E-state index in [1.165, 1.54) is 30.3 Å². The summed E-state index contributed by atoms with van der Waals surface area (Å²) in [5.74, 6) is -1.30. The van der Waals surface area contributed by atoms with Gasteiger partial charge in [-0.15, -0.1) is 13.2 Å². The minimum Gasteiger partial charge on any atom is -0.492 e. The number of carboxylic acid groups (broad SMARTS) is 1. The van der Waals surface area contributed by atoms with Gasteiger partial charge in [0.1, 0.15) is 23.6 Å². The molecular weight excluding hydrogens is 493 g/mol. The minimum atomic E-state index is -4.79. The maximum Gasteiger partial charge on any atom is 0.573 e. The highest BCUT2D eigenvalue weighted by Crippen LogP contribution is 2.46. The van der Waals surface area contributed by atoms with Gasteiger partial charge in [-0.3, -0.25) is 9.69 Å². The molecule has 8 nitrogen and oxygen atoms in total. The molecule has 2 fully saturated rings. The number of hydrogen-bond acceptors (Lipinski definition) is 6. The smallest absolute Gasteiger partial charge is 0.492 e. The van der Waals surface area contributed by atoms with Crippen LogP contribution in [0.1, 0.15) is 41.6 Å². The summed E-state index contributed by atoms with van der Waals surface area (Å²) in [5, 5.41) is 12.4. The number of alkyl halides is 3. The minimum absolute atomic E-state index is 0.140. The van der Waals surface area contributed by atoms with Gasteiger partial charge in [-0.2, -0.15) is 0 Å². The highest BCUT2D eigenvalue weighted by Gasteiger charge is 2.51. The molecule has 0 atom stereocenters. The summed E-state index contributed by atoms with van der Waals surface area (Å²) in [5.41, 5.74) is -0.336. The molecular formula is C26H29F3N2O6. The number of aromatic carboxylic acids is 1. The number of hydrogen-bond donors (Lipinski definition) is 2. The third kappa shape index (κ3) is 6.34. The third-order valence-electron chi connectivity index (χ3n) is 7.00. The van der Waals surface area contributed by atoms with E-state index in [9.17, 15) is 22.8 Å². The summed E-state index contributed by atoms with van der Waals surface area (Å²) in [6.45, 7) is 1.31. The molecule has 2 aromatic rings. The van der Waals surface area contributed by atoms with Gasteiger partial charge in [-0.25, -0.2) is 4.79 Å². The van der Waals surface area contributed by atoms with Crippen LogP contribution in [0.4, 0.5) is 13.2 Å². The Hall–Kier alpha value is -3.31. The number of rotatable bonds is 10. The number of ether oxygens (including phenoxy) is 3. The Kier molecular flexibility index (Phi) is 7.65. The molecule has 1 saturated carbocycles. The zero-order valence-electron chi connectivity index (χ0n) is 20.3. The molecule has 0 bridgehead atoms. The fraction of sp³-hybridized carbons (Fsp3) is 0.462. The van der Waals surface area contributed by atoms with E-state index in [-0.39, 0.29) is 29.6 Å². The average molecular weight is 523 g/mol. The van der Waals surface area contributed by atoms with Gasteiger partial charge in [0.2, 0.25) is 5.91 Å². The van der Waals surface area contributed by atoms with Gasteiger partial charge in [-0.05, 0) is 62.6 Å². The van der Waals surface area contributed by atoms with E-state index in [1.807, 2.05) is 11.9 Å². The third-order valence-corrected chi connectivity index (χ3v) is 7.00. The predicted octanol–water partition coefficient (Wildman–Crippen LogP) is 3.95. The van der Waals surface area contributed by atoms with Gasteiger partial charge in [0.15, 0.2) is 0 Å². The lowest BCUT2D eigenvalue weighted by molar-refractivity contribution is -0.274. The van der Waals surface area contributed by atoms with Crippen LogP contribution in [0, 0.1) is 0 Å². The van der Waals surface area contributed by atoms with Gasteiger partial charge in [0.05, 0.1) is 11.1 Å². The van der Waals surface area contributed by atoms with Crippen LogP contribution in [0.25, 0.3) is 0 Å². The molecule has 1 aliphatic carbocycles. The van der Waals surface area contributed by atoms with Crippen LogP contribution < -0.4 is 14.8 Å². The van der Waals surface area contributed by atoms with Crippen LogP contribution in [-0.2, 0) is 15.1 Å². The van der Waals surface area contributed by atoms with Gasteiger partial charge < -0.3 is 24.6 Å². The average Bonchev–Trinajstić information content (AvgIpc) is 3.64. The van der Waals surface area contributed by atoms with E-state index in [2.05, 4.69) is 10.1 Å². The Bertz CT molecular complexity index is 1110. The monoisotopic (exact) mass is 522 g/mol. The summed E-state index contributed by atoms with van der Waals surface area (Å²) in [6, 6.07) is 11.8. The molecule has 2 aliphatic rings. The highest BCUT2D eigenvalue weighted by molar-refractivity contribution is 5.88. The van der Waals surface area contributed by atoms with E-state index in [4.69, 9.17) is 14.6 Å². The number of benzene rings is 2. The molecule has 1 heterocycles. The zero-order valence-corrected chi connectivity index (χ0v) is 20.3. The number of likely N-dealkylation sites (N-methyl/N-ethyl adjacent to an activating group) is 1. The maximum atomic E-state index is 13.7. The molecule has 0 aromatic heterocycles. The molecule has 200 valence electrons. The first kappa shape index (κ1) is 26.7. The number of nitrogens with one attached hydrogen (secondary N) is 1. The molecule has 37 heavy (non-hydrogen) atoms. The fourth-order valence-electron chi connectivity index (χ4n) is 4.64. The maximum absolute atomic E-state index is 13.7. The van der Waals surface area contributed by atoms with Crippen LogP contribution in [0.15, 0.2) is 48.5 Å². The Morgan fingerprint density at radius 1 is 1.05 bits per heavy atom. The van der Waals surface area contributed by atoms with Crippen molar-refractivity contribution in [1.82, 2.24) is 10.2 Å². The number of carbonyl (C=O) groups excluding carboxylic acids is 1. The highest BCUT2D eigenvalue weighted by atomic mass is 19.4. The summed E-state index contributed by atoms with van der Waals surface area (Å²) in [7, 11) is 1.82. The van der Waals surface area contributed by atoms with Crippen molar-refractivity contribution < 1.29 is 42.1 Å². The molecule has 2 aromatic carbocycles. The molecule has 1 amide bonds. The molecule has 1 aliphatic heterocycles. The summed E-state index contributed by atoms with van der Waals surface area (Å²) in [6.07, 6.45) is -2.35. The number of halogens is 3. The van der Waals surface area contributed by atoms with Crippen molar-refractivity contribution in [3.63, 3.8) is 0 Å². The fourth-order valence-corrected chi connectivity index (χ4v) is 4.64. The van der Waals surface area contributed by atoms with Crippen molar-refractivity contribution in [3.8, 4) is 11.5 Å². The molecule has 11 heteroatoms. The lowest BCUT2D eigenvalue weighted by atomic mass is 9.86. The zero-order chi connectivity index (χ0) is 26.7. The molecule has 0 unspecified atom stereocenters. The van der Waals surface area contributed by atoms with Crippen LogP contribution in [0.5, 0.6) is 11.5 Å². The number of amides is 1. The first-order valence-electron chi connectivity index (χ1n) is 12.0.